The summed E-state index contributed by atoms with van der Waals surface area (Å²) in [5.74, 6) is 0. The van der Waals surface area contributed by atoms with Gasteiger partial charge >= 0.3 is 0 Å². The zero-order valence-electron chi connectivity index (χ0n) is 9.77. The van der Waals surface area contributed by atoms with Gasteiger partial charge < -0.3 is 9.47 Å². The Morgan fingerprint density at radius 1 is 1.25 bits per heavy atom. The Kier molecular flexibility index (Phi) is 5.55. The van der Waals surface area contributed by atoms with Crippen LogP contribution in [0.4, 0.5) is 0 Å². The number of ether oxygens (including phenoxy) is 2. The van der Waals surface area contributed by atoms with E-state index in [9.17, 15) is 0 Å². The summed E-state index contributed by atoms with van der Waals surface area (Å²) in [5.41, 5.74) is 1.60. The predicted molar refractivity (Wildman–Crippen MR) is 61.9 cm³/mol. The lowest BCUT2D eigenvalue weighted by molar-refractivity contribution is 0.0142. The second-order valence-corrected chi connectivity index (χ2v) is 3.74. The molecule has 3 heteroatoms. The van der Waals surface area contributed by atoms with Crippen LogP contribution >= 0.6 is 0 Å². The van der Waals surface area contributed by atoms with Gasteiger partial charge in [0.25, 0.3) is 0 Å². The molecular weight excluding hydrogens is 202 g/mol. The third-order valence-electron chi connectivity index (χ3n) is 2.07. The molecule has 0 heterocycles. The Morgan fingerprint density at radius 2 is 2.00 bits per heavy atom. The largest absolute Gasteiger partial charge is 0.376 e. The first kappa shape index (κ1) is 12.7. The number of nitriles is 1. The van der Waals surface area contributed by atoms with Gasteiger partial charge in [-0.15, -0.1) is 0 Å². The molecule has 0 amide bonds. The summed E-state index contributed by atoms with van der Waals surface area (Å²) in [4.78, 5) is 0. The molecule has 0 aromatic heterocycles. The maximum absolute atomic E-state index is 8.86. The molecule has 3 nitrogen and oxygen atoms in total. The zero-order valence-corrected chi connectivity index (χ0v) is 9.77. The molecule has 0 aliphatic rings. The molecule has 86 valence electrons. The lowest BCUT2D eigenvalue weighted by atomic mass is 10.1. The van der Waals surface area contributed by atoms with Crippen LogP contribution in [-0.4, -0.2) is 19.3 Å². The topological polar surface area (TPSA) is 42.2 Å². The van der Waals surface area contributed by atoms with E-state index in [0.29, 0.717) is 25.4 Å². The van der Waals surface area contributed by atoms with Crippen LogP contribution < -0.4 is 0 Å². The van der Waals surface area contributed by atoms with Crippen LogP contribution in [0.25, 0.3) is 0 Å². The van der Waals surface area contributed by atoms with Gasteiger partial charge in [0.1, 0.15) is 0 Å². The van der Waals surface area contributed by atoms with Crippen molar-refractivity contribution >= 4 is 0 Å². The molecule has 0 bridgehead atoms. The fraction of sp³-hybridized carbons (Fsp3) is 0.462. The number of hydrogen-bond donors (Lipinski definition) is 0. The van der Waals surface area contributed by atoms with E-state index in [1.165, 1.54) is 0 Å². The Balaban J connectivity index is 2.30. The van der Waals surface area contributed by atoms with E-state index in [4.69, 9.17) is 14.7 Å². The lowest BCUT2D eigenvalue weighted by Gasteiger charge is -2.08. The monoisotopic (exact) mass is 219 g/mol. The van der Waals surface area contributed by atoms with Crippen LogP contribution in [0.15, 0.2) is 24.3 Å². The van der Waals surface area contributed by atoms with E-state index in [1.807, 2.05) is 32.0 Å². The summed E-state index contributed by atoms with van der Waals surface area (Å²) in [6.07, 6.45) is 0.231. The van der Waals surface area contributed by atoms with E-state index in [1.54, 1.807) is 6.07 Å². The average molecular weight is 219 g/mol. The Bertz CT molecular complexity index is 355. The summed E-state index contributed by atoms with van der Waals surface area (Å²) >= 11 is 0. The van der Waals surface area contributed by atoms with E-state index < -0.39 is 0 Å². The standard InChI is InChI=1S/C13H17NO2/c1-11(2)16-8-7-15-10-13-6-4-3-5-12(13)9-14/h3-6,11H,7-8,10H2,1-2H3. The van der Waals surface area contributed by atoms with E-state index in [0.717, 1.165) is 5.56 Å². The van der Waals surface area contributed by atoms with Crippen LogP contribution in [0.3, 0.4) is 0 Å². The molecule has 1 rings (SSSR count). The third kappa shape index (κ3) is 4.43. The summed E-state index contributed by atoms with van der Waals surface area (Å²) in [7, 11) is 0. The molecule has 0 saturated heterocycles. The summed E-state index contributed by atoms with van der Waals surface area (Å²) < 4.78 is 10.8. The molecule has 0 saturated carbocycles. The van der Waals surface area contributed by atoms with Gasteiger partial charge in [0.05, 0.1) is 37.6 Å². The maximum atomic E-state index is 8.86. The minimum atomic E-state index is 0.231. The molecule has 0 N–H and O–H groups in total. The van der Waals surface area contributed by atoms with Gasteiger partial charge in [-0.1, -0.05) is 18.2 Å². The highest BCUT2D eigenvalue weighted by molar-refractivity contribution is 5.36. The van der Waals surface area contributed by atoms with Gasteiger partial charge in [-0.3, -0.25) is 0 Å². The lowest BCUT2D eigenvalue weighted by Crippen LogP contribution is -2.09. The molecular formula is C13H17NO2. The maximum Gasteiger partial charge on any atom is 0.0995 e. The molecule has 0 radical (unpaired) electrons. The average Bonchev–Trinajstić information content (AvgIpc) is 2.29. The quantitative estimate of drug-likeness (QED) is 0.690. The SMILES string of the molecule is CC(C)OCCOCc1ccccc1C#N. The fourth-order valence-electron chi connectivity index (χ4n) is 1.28. The Labute approximate surface area is 96.6 Å². The van der Waals surface area contributed by atoms with Gasteiger partial charge in [0.2, 0.25) is 0 Å². The minimum Gasteiger partial charge on any atom is -0.376 e. The molecule has 16 heavy (non-hydrogen) atoms. The van der Waals surface area contributed by atoms with Crippen molar-refractivity contribution in [2.24, 2.45) is 0 Å². The van der Waals surface area contributed by atoms with E-state index in [2.05, 4.69) is 6.07 Å². The van der Waals surface area contributed by atoms with Crippen molar-refractivity contribution in [1.82, 2.24) is 0 Å². The fourth-order valence-corrected chi connectivity index (χ4v) is 1.28. The van der Waals surface area contributed by atoms with Gasteiger partial charge in [-0.05, 0) is 25.5 Å². The Morgan fingerprint density at radius 3 is 2.69 bits per heavy atom. The normalized spacial score (nSPS) is 10.4. The molecule has 1 aromatic rings. The minimum absolute atomic E-state index is 0.231. The predicted octanol–water partition coefficient (Wildman–Crippen LogP) is 2.50. The molecule has 0 aliphatic heterocycles. The van der Waals surface area contributed by atoms with Crippen LogP contribution in [-0.2, 0) is 16.1 Å². The molecule has 0 unspecified atom stereocenters. The number of rotatable bonds is 6. The Hall–Kier alpha value is -1.37. The van der Waals surface area contributed by atoms with Crippen molar-refractivity contribution in [3.8, 4) is 6.07 Å². The molecule has 1 aromatic carbocycles. The van der Waals surface area contributed by atoms with Crippen LogP contribution in [0, 0.1) is 11.3 Å². The molecule has 0 aliphatic carbocycles. The number of nitrogens with zero attached hydrogens (tertiary/aromatic N) is 1. The second-order valence-electron chi connectivity index (χ2n) is 3.74. The summed E-state index contributed by atoms with van der Waals surface area (Å²) in [6.45, 7) is 5.59. The molecule has 0 atom stereocenters. The van der Waals surface area contributed by atoms with Crippen LogP contribution in [0.1, 0.15) is 25.0 Å². The molecule has 0 fully saturated rings. The number of hydrogen-bond acceptors (Lipinski definition) is 3. The van der Waals surface area contributed by atoms with E-state index in [-0.39, 0.29) is 6.10 Å². The first-order valence-corrected chi connectivity index (χ1v) is 5.41. The van der Waals surface area contributed by atoms with Crippen molar-refractivity contribution < 1.29 is 9.47 Å². The summed E-state index contributed by atoms with van der Waals surface area (Å²) in [6, 6.07) is 9.60. The summed E-state index contributed by atoms with van der Waals surface area (Å²) in [5, 5.41) is 8.86. The highest BCUT2D eigenvalue weighted by atomic mass is 16.5. The highest BCUT2D eigenvalue weighted by Gasteiger charge is 2.00. The first-order chi connectivity index (χ1) is 7.74. The van der Waals surface area contributed by atoms with Crippen molar-refractivity contribution in [3.63, 3.8) is 0 Å². The van der Waals surface area contributed by atoms with Gasteiger partial charge in [-0.2, -0.15) is 5.26 Å². The first-order valence-electron chi connectivity index (χ1n) is 5.41. The van der Waals surface area contributed by atoms with E-state index >= 15 is 0 Å². The second kappa shape index (κ2) is 7.00. The van der Waals surface area contributed by atoms with Crippen molar-refractivity contribution in [2.45, 2.75) is 26.6 Å². The van der Waals surface area contributed by atoms with Crippen LogP contribution in [0.5, 0.6) is 0 Å². The van der Waals surface area contributed by atoms with Crippen molar-refractivity contribution in [1.29, 1.82) is 5.26 Å². The molecule has 0 spiro atoms. The van der Waals surface area contributed by atoms with Gasteiger partial charge in [-0.25, -0.2) is 0 Å². The highest BCUT2D eigenvalue weighted by Crippen LogP contribution is 2.08. The smallest absolute Gasteiger partial charge is 0.0995 e. The van der Waals surface area contributed by atoms with Crippen molar-refractivity contribution in [2.75, 3.05) is 13.2 Å². The third-order valence-corrected chi connectivity index (χ3v) is 2.07. The van der Waals surface area contributed by atoms with Gasteiger partial charge in [0.15, 0.2) is 0 Å². The van der Waals surface area contributed by atoms with Crippen LogP contribution in [0.2, 0.25) is 0 Å². The van der Waals surface area contributed by atoms with Gasteiger partial charge in [0, 0.05) is 0 Å². The zero-order chi connectivity index (χ0) is 11.8. The number of benzene rings is 1. The van der Waals surface area contributed by atoms with Crippen molar-refractivity contribution in [3.05, 3.63) is 35.4 Å².